The van der Waals surface area contributed by atoms with E-state index in [9.17, 15) is 26.4 Å². The van der Waals surface area contributed by atoms with Crippen molar-refractivity contribution in [2.45, 2.75) is 6.18 Å². The molecule has 4 nitrogen and oxygen atoms in total. The molecule has 2 atom stereocenters. The summed E-state index contributed by atoms with van der Waals surface area (Å²) < 4.78 is 58.2. The van der Waals surface area contributed by atoms with Gasteiger partial charge in [-0.2, -0.15) is 13.2 Å². The average molecular weight is 232 g/mol. The molecule has 0 radical (unpaired) electrons. The van der Waals surface area contributed by atoms with Crippen LogP contribution < -0.4 is 0 Å². The summed E-state index contributed by atoms with van der Waals surface area (Å²) in [5.41, 5.74) is 0. The van der Waals surface area contributed by atoms with Crippen molar-refractivity contribution >= 4 is 15.8 Å². The van der Waals surface area contributed by atoms with Crippen LogP contribution in [0.15, 0.2) is 0 Å². The predicted molar refractivity (Wildman–Crippen MR) is 39.3 cm³/mol. The zero-order chi connectivity index (χ0) is 11.1. The third-order valence-corrected chi connectivity index (χ3v) is 3.82. The van der Waals surface area contributed by atoms with Crippen molar-refractivity contribution in [3.05, 3.63) is 0 Å². The number of carboxylic acids is 1. The van der Waals surface area contributed by atoms with Gasteiger partial charge in [-0.05, 0) is 0 Å². The summed E-state index contributed by atoms with van der Waals surface area (Å²) in [7, 11) is -3.87. The Kier molecular flexibility index (Phi) is 2.51. The molecular weight excluding hydrogens is 225 g/mol. The molecule has 1 fully saturated rings. The lowest BCUT2D eigenvalue weighted by Gasteiger charge is -2.16. The molecule has 0 spiro atoms. The van der Waals surface area contributed by atoms with Gasteiger partial charge in [-0.15, -0.1) is 0 Å². The molecule has 1 saturated heterocycles. The third kappa shape index (κ3) is 2.17. The van der Waals surface area contributed by atoms with Crippen molar-refractivity contribution in [2.24, 2.45) is 11.8 Å². The average Bonchev–Trinajstić information content (AvgIpc) is 2.24. The molecule has 1 aliphatic heterocycles. The molecule has 0 amide bonds. The van der Waals surface area contributed by atoms with E-state index in [1.807, 2.05) is 0 Å². The molecule has 1 aliphatic rings. The number of halogens is 3. The van der Waals surface area contributed by atoms with Gasteiger partial charge in [0.25, 0.3) is 0 Å². The summed E-state index contributed by atoms with van der Waals surface area (Å²) in [6.07, 6.45) is -4.77. The normalized spacial score (nSPS) is 31.6. The molecular formula is C6H7F3O4S. The fourth-order valence-electron chi connectivity index (χ4n) is 1.41. The molecule has 1 N–H and O–H groups in total. The van der Waals surface area contributed by atoms with E-state index in [4.69, 9.17) is 5.11 Å². The molecule has 1 heterocycles. The number of hydrogen-bond acceptors (Lipinski definition) is 3. The Balaban J connectivity index is 3.01. The van der Waals surface area contributed by atoms with Gasteiger partial charge >= 0.3 is 12.1 Å². The van der Waals surface area contributed by atoms with Gasteiger partial charge in [0.15, 0.2) is 9.84 Å². The van der Waals surface area contributed by atoms with Crippen molar-refractivity contribution in [3.63, 3.8) is 0 Å². The third-order valence-electron chi connectivity index (χ3n) is 2.09. The van der Waals surface area contributed by atoms with Crippen molar-refractivity contribution < 1.29 is 31.5 Å². The van der Waals surface area contributed by atoms with Crippen LogP contribution in [0.2, 0.25) is 0 Å². The fraction of sp³-hybridized carbons (Fsp3) is 0.833. The van der Waals surface area contributed by atoms with E-state index in [1.165, 1.54) is 0 Å². The highest BCUT2D eigenvalue weighted by Crippen LogP contribution is 2.38. The predicted octanol–water partition coefficient (Wildman–Crippen LogP) is 0.294. The quantitative estimate of drug-likeness (QED) is 0.705. The highest BCUT2D eigenvalue weighted by molar-refractivity contribution is 7.91. The van der Waals surface area contributed by atoms with Crippen LogP contribution in [-0.2, 0) is 14.6 Å². The number of sulfone groups is 1. The van der Waals surface area contributed by atoms with Gasteiger partial charge in [0.1, 0.15) is 0 Å². The van der Waals surface area contributed by atoms with Crippen LogP contribution in [0.3, 0.4) is 0 Å². The zero-order valence-corrected chi connectivity index (χ0v) is 7.60. The molecule has 82 valence electrons. The van der Waals surface area contributed by atoms with Gasteiger partial charge in [-0.1, -0.05) is 0 Å². The monoisotopic (exact) mass is 232 g/mol. The topological polar surface area (TPSA) is 71.4 Å². The lowest BCUT2D eigenvalue weighted by Crippen LogP contribution is -2.33. The molecule has 0 unspecified atom stereocenters. The van der Waals surface area contributed by atoms with Gasteiger partial charge < -0.3 is 5.11 Å². The molecule has 8 heteroatoms. The number of hydrogen-bond donors (Lipinski definition) is 1. The second-order valence-electron chi connectivity index (χ2n) is 3.17. The highest BCUT2D eigenvalue weighted by atomic mass is 32.2. The number of carboxylic acid groups (broad SMARTS) is 1. The van der Waals surface area contributed by atoms with E-state index in [1.54, 1.807) is 0 Å². The van der Waals surface area contributed by atoms with Crippen LogP contribution in [0.25, 0.3) is 0 Å². The first kappa shape index (κ1) is 11.3. The van der Waals surface area contributed by atoms with Gasteiger partial charge in [0.2, 0.25) is 0 Å². The first-order valence-corrected chi connectivity index (χ1v) is 5.45. The minimum atomic E-state index is -4.77. The van der Waals surface area contributed by atoms with Gasteiger partial charge in [0, 0.05) is 0 Å². The van der Waals surface area contributed by atoms with Crippen LogP contribution in [-0.4, -0.2) is 37.2 Å². The van der Waals surface area contributed by atoms with Crippen LogP contribution in [0.4, 0.5) is 13.2 Å². The second-order valence-corrected chi connectivity index (χ2v) is 5.32. The SMILES string of the molecule is O=C(O)[C@@H]1CS(=O)(=O)C[C@@H]1C(F)(F)F. The highest BCUT2D eigenvalue weighted by Gasteiger charge is 2.55. The van der Waals surface area contributed by atoms with Crippen molar-refractivity contribution in [2.75, 3.05) is 11.5 Å². The first-order chi connectivity index (χ1) is 6.13. The van der Waals surface area contributed by atoms with Gasteiger partial charge in [-0.25, -0.2) is 8.42 Å². The van der Waals surface area contributed by atoms with Crippen molar-refractivity contribution in [1.82, 2.24) is 0 Å². The van der Waals surface area contributed by atoms with E-state index in [2.05, 4.69) is 0 Å². The van der Waals surface area contributed by atoms with Crippen LogP contribution in [0.1, 0.15) is 0 Å². The summed E-state index contributed by atoms with van der Waals surface area (Å²) in [4.78, 5) is 10.4. The molecule has 0 bridgehead atoms. The second kappa shape index (κ2) is 3.11. The smallest absolute Gasteiger partial charge is 0.393 e. The van der Waals surface area contributed by atoms with E-state index in [0.717, 1.165) is 0 Å². The summed E-state index contributed by atoms with van der Waals surface area (Å²) >= 11 is 0. The van der Waals surface area contributed by atoms with E-state index in [-0.39, 0.29) is 0 Å². The number of alkyl halides is 3. The summed E-state index contributed by atoms with van der Waals surface area (Å²) in [6.45, 7) is 0. The maximum atomic E-state index is 12.2. The van der Waals surface area contributed by atoms with Crippen LogP contribution in [0.5, 0.6) is 0 Å². The van der Waals surface area contributed by atoms with Crippen LogP contribution in [0, 0.1) is 11.8 Å². The number of carbonyl (C=O) groups is 1. The minimum absolute atomic E-state index is 0.924. The Hall–Kier alpha value is -0.790. The Labute approximate surface area is 77.6 Å². The maximum Gasteiger partial charge on any atom is 0.393 e. The number of aliphatic carboxylic acids is 1. The largest absolute Gasteiger partial charge is 0.481 e. The zero-order valence-electron chi connectivity index (χ0n) is 6.78. The Morgan fingerprint density at radius 2 is 1.79 bits per heavy atom. The first-order valence-electron chi connectivity index (χ1n) is 3.63. The lowest BCUT2D eigenvalue weighted by molar-refractivity contribution is -0.186. The molecule has 0 aromatic rings. The summed E-state index contributed by atoms with van der Waals surface area (Å²) in [5.74, 6) is -7.89. The van der Waals surface area contributed by atoms with Crippen molar-refractivity contribution in [1.29, 1.82) is 0 Å². The van der Waals surface area contributed by atoms with E-state index in [0.29, 0.717) is 0 Å². The molecule has 1 rings (SSSR count). The summed E-state index contributed by atoms with van der Waals surface area (Å²) in [5, 5.41) is 8.41. The van der Waals surface area contributed by atoms with Gasteiger partial charge in [0.05, 0.1) is 23.3 Å². The lowest BCUT2D eigenvalue weighted by atomic mass is 9.96. The molecule has 0 aromatic carbocycles. The molecule has 0 aromatic heterocycles. The van der Waals surface area contributed by atoms with Crippen molar-refractivity contribution in [3.8, 4) is 0 Å². The van der Waals surface area contributed by atoms with Crippen LogP contribution >= 0.6 is 0 Å². The fourth-order valence-corrected chi connectivity index (χ4v) is 3.44. The van der Waals surface area contributed by atoms with E-state index < -0.39 is 45.3 Å². The molecule has 0 aliphatic carbocycles. The molecule has 14 heavy (non-hydrogen) atoms. The summed E-state index contributed by atoms with van der Waals surface area (Å²) in [6, 6.07) is 0. The Bertz CT molecular complexity index is 345. The Morgan fingerprint density at radius 1 is 1.29 bits per heavy atom. The van der Waals surface area contributed by atoms with E-state index >= 15 is 0 Å². The van der Waals surface area contributed by atoms with Gasteiger partial charge in [-0.3, -0.25) is 4.79 Å². The minimum Gasteiger partial charge on any atom is -0.481 e. The Morgan fingerprint density at radius 3 is 2.07 bits per heavy atom. The standard InChI is InChI=1S/C6H7F3O4S/c7-6(8,9)4-2-14(12,13)1-3(4)5(10)11/h3-4H,1-2H2,(H,10,11)/t3-,4+/m1/s1. The maximum absolute atomic E-state index is 12.2. The molecule has 0 saturated carbocycles. The number of rotatable bonds is 1.